The van der Waals surface area contributed by atoms with Gasteiger partial charge in [0.15, 0.2) is 12.6 Å². The molecule has 5 aliphatic rings. The minimum absolute atomic E-state index is 0.00851. The molecule has 33 heavy (non-hydrogen) atoms. The highest BCUT2D eigenvalue weighted by atomic mass is 16.8. The number of methoxy groups -OCH3 is 1. The van der Waals surface area contributed by atoms with Gasteiger partial charge < -0.3 is 28.4 Å². The van der Waals surface area contributed by atoms with Gasteiger partial charge in [0.25, 0.3) is 0 Å². The van der Waals surface area contributed by atoms with Gasteiger partial charge in [-0.15, -0.1) is 0 Å². The Morgan fingerprint density at radius 3 is 2.45 bits per heavy atom. The third kappa shape index (κ3) is 3.46. The summed E-state index contributed by atoms with van der Waals surface area (Å²) in [4.78, 5) is 24.2. The standard InChI is InChI=1S/C25H38O8/c1-14-9-20(31-16(3)27)25(13-29-15(2)26)18(7-6-8-24(25)12-30-24)23(14,4)19-10-17-11-21(28-5)33-22(17)32-19/h14,17-22H,6-13H2,1-5H3/t14-,17+,18-,19+,20+,21+,22-,23+,24+,25+/m1/s1. The van der Waals surface area contributed by atoms with Gasteiger partial charge in [-0.1, -0.05) is 20.3 Å². The molecule has 8 heteroatoms. The van der Waals surface area contributed by atoms with Crippen molar-refractivity contribution in [2.24, 2.45) is 28.6 Å². The summed E-state index contributed by atoms with van der Waals surface area (Å²) in [6.45, 7) is 8.29. The van der Waals surface area contributed by atoms with Gasteiger partial charge in [0.05, 0.1) is 18.1 Å². The highest BCUT2D eigenvalue weighted by Gasteiger charge is 2.76. The fraction of sp³-hybridized carbons (Fsp3) is 0.920. The lowest BCUT2D eigenvalue weighted by molar-refractivity contribution is -0.265. The second-order valence-corrected chi connectivity index (χ2v) is 11.2. The van der Waals surface area contributed by atoms with E-state index >= 15 is 0 Å². The Bertz CT molecular complexity index is 781. The van der Waals surface area contributed by atoms with E-state index in [2.05, 4.69) is 13.8 Å². The molecule has 3 aliphatic heterocycles. The molecule has 2 saturated carbocycles. The Balaban J connectivity index is 1.53. The number of carbonyl (C=O) groups excluding carboxylic acids is 2. The third-order valence-electron chi connectivity index (χ3n) is 9.75. The van der Waals surface area contributed by atoms with Gasteiger partial charge >= 0.3 is 11.9 Å². The van der Waals surface area contributed by atoms with Crippen molar-refractivity contribution in [3.05, 3.63) is 0 Å². The zero-order valence-corrected chi connectivity index (χ0v) is 20.5. The number of rotatable bonds is 5. The Labute approximate surface area is 195 Å². The highest BCUT2D eigenvalue weighted by Crippen LogP contribution is 2.70. The van der Waals surface area contributed by atoms with E-state index in [1.807, 2.05) is 0 Å². The molecule has 2 aliphatic carbocycles. The molecular weight excluding hydrogens is 428 g/mol. The highest BCUT2D eigenvalue weighted by molar-refractivity contribution is 5.67. The third-order valence-corrected chi connectivity index (χ3v) is 9.75. The van der Waals surface area contributed by atoms with Crippen LogP contribution in [0, 0.1) is 28.6 Å². The molecule has 0 aromatic carbocycles. The van der Waals surface area contributed by atoms with E-state index in [1.54, 1.807) is 7.11 Å². The number of ether oxygens (including phenoxy) is 6. The van der Waals surface area contributed by atoms with Gasteiger partial charge in [0, 0.05) is 38.7 Å². The van der Waals surface area contributed by atoms with Crippen molar-refractivity contribution in [1.29, 1.82) is 0 Å². The average molecular weight is 467 g/mol. The number of hydrogen-bond donors (Lipinski definition) is 0. The van der Waals surface area contributed by atoms with Crippen LogP contribution < -0.4 is 0 Å². The van der Waals surface area contributed by atoms with E-state index in [1.165, 1.54) is 13.8 Å². The summed E-state index contributed by atoms with van der Waals surface area (Å²) in [6.07, 6.45) is 4.53. The number of esters is 2. The second kappa shape index (κ2) is 8.18. The van der Waals surface area contributed by atoms with Crippen molar-refractivity contribution in [3.8, 4) is 0 Å². The molecule has 0 radical (unpaired) electrons. The smallest absolute Gasteiger partial charge is 0.302 e. The van der Waals surface area contributed by atoms with Crippen LogP contribution in [0.25, 0.3) is 0 Å². The van der Waals surface area contributed by atoms with Crippen molar-refractivity contribution in [3.63, 3.8) is 0 Å². The number of epoxide rings is 1. The van der Waals surface area contributed by atoms with E-state index < -0.39 is 11.0 Å². The number of carbonyl (C=O) groups is 2. The lowest BCUT2D eigenvalue weighted by Gasteiger charge is -2.64. The summed E-state index contributed by atoms with van der Waals surface area (Å²) in [5.74, 6) is 0.0533. The number of fused-ring (bicyclic) bond motifs is 3. The molecule has 3 heterocycles. The fourth-order valence-corrected chi connectivity index (χ4v) is 7.92. The average Bonchev–Trinajstić information content (AvgIpc) is 3.25. The minimum Gasteiger partial charge on any atom is -0.465 e. The van der Waals surface area contributed by atoms with Crippen molar-refractivity contribution in [2.45, 2.75) is 96.6 Å². The van der Waals surface area contributed by atoms with Crippen LogP contribution >= 0.6 is 0 Å². The first kappa shape index (κ1) is 23.5. The zero-order valence-electron chi connectivity index (χ0n) is 20.5. The first-order valence-electron chi connectivity index (χ1n) is 12.4. The van der Waals surface area contributed by atoms with Crippen LogP contribution in [-0.4, -0.2) is 62.7 Å². The van der Waals surface area contributed by atoms with Gasteiger partial charge in [-0.2, -0.15) is 0 Å². The van der Waals surface area contributed by atoms with Crippen LogP contribution in [0.1, 0.15) is 66.2 Å². The van der Waals surface area contributed by atoms with Crippen LogP contribution in [-0.2, 0) is 38.0 Å². The quantitative estimate of drug-likeness (QED) is 0.451. The lowest BCUT2D eigenvalue weighted by Crippen LogP contribution is -2.69. The van der Waals surface area contributed by atoms with E-state index in [-0.39, 0.29) is 60.6 Å². The molecule has 186 valence electrons. The topological polar surface area (TPSA) is 92.8 Å². The molecule has 0 aromatic rings. The molecule has 1 spiro atoms. The molecule has 8 nitrogen and oxygen atoms in total. The maximum absolute atomic E-state index is 12.2. The predicted molar refractivity (Wildman–Crippen MR) is 116 cm³/mol. The van der Waals surface area contributed by atoms with E-state index in [4.69, 9.17) is 28.4 Å². The Hall–Kier alpha value is -1.22. The van der Waals surface area contributed by atoms with Gasteiger partial charge in [0.1, 0.15) is 18.3 Å². The summed E-state index contributed by atoms with van der Waals surface area (Å²) in [7, 11) is 1.67. The molecule has 0 bridgehead atoms. The minimum atomic E-state index is -0.583. The molecule has 0 N–H and O–H groups in total. The van der Waals surface area contributed by atoms with E-state index in [0.29, 0.717) is 18.9 Å². The molecule has 5 rings (SSSR count). The molecular formula is C25H38O8. The zero-order chi connectivity index (χ0) is 23.6. The van der Waals surface area contributed by atoms with Gasteiger partial charge in [0.2, 0.25) is 0 Å². The Kier molecular flexibility index (Phi) is 5.83. The second-order valence-electron chi connectivity index (χ2n) is 11.2. The first-order chi connectivity index (χ1) is 15.7. The van der Waals surface area contributed by atoms with E-state index in [9.17, 15) is 9.59 Å². The van der Waals surface area contributed by atoms with Crippen molar-refractivity contribution < 1.29 is 38.0 Å². The van der Waals surface area contributed by atoms with Crippen LogP contribution in [0.5, 0.6) is 0 Å². The van der Waals surface area contributed by atoms with Gasteiger partial charge in [-0.25, -0.2) is 0 Å². The lowest BCUT2D eigenvalue weighted by atomic mass is 9.42. The van der Waals surface area contributed by atoms with Crippen LogP contribution in [0.15, 0.2) is 0 Å². The summed E-state index contributed by atoms with van der Waals surface area (Å²) in [6, 6.07) is 0. The Morgan fingerprint density at radius 2 is 1.85 bits per heavy atom. The molecule has 0 aromatic heterocycles. The maximum Gasteiger partial charge on any atom is 0.302 e. The van der Waals surface area contributed by atoms with E-state index in [0.717, 1.165) is 32.1 Å². The summed E-state index contributed by atoms with van der Waals surface area (Å²) in [5, 5.41) is 0. The molecule has 10 atom stereocenters. The first-order valence-corrected chi connectivity index (χ1v) is 12.4. The summed E-state index contributed by atoms with van der Waals surface area (Å²) < 4.78 is 35.9. The fourth-order valence-electron chi connectivity index (χ4n) is 7.92. The van der Waals surface area contributed by atoms with Crippen molar-refractivity contribution in [2.75, 3.05) is 20.3 Å². The van der Waals surface area contributed by atoms with Crippen LogP contribution in [0.2, 0.25) is 0 Å². The van der Waals surface area contributed by atoms with Crippen molar-refractivity contribution >= 4 is 11.9 Å². The van der Waals surface area contributed by atoms with Crippen molar-refractivity contribution in [1.82, 2.24) is 0 Å². The normalized spacial score (nSPS) is 50.5. The van der Waals surface area contributed by atoms with Crippen LogP contribution in [0.4, 0.5) is 0 Å². The SMILES string of the molecule is CO[C@@H]1C[C@@H]2C[C@@H]([C@@]3(C)[C@H](C)C[C@H](OC(C)=O)[C@]4(COC(C)=O)[C@@H]3CCC[C@]43CO3)O[C@@H]2O1. The maximum atomic E-state index is 12.2. The number of hydrogen-bond acceptors (Lipinski definition) is 8. The predicted octanol–water partition coefficient (Wildman–Crippen LogP) is 3.21. The molecule has 5 fully saturated rings. The molecule has 0 unspecified atom stereocenters. The Morgan fingerprint density at radius 1 is 1.09 bits per heavy atom. The van der Waals surface area contributed by atoms with Gasteiger partial charge in [-0.05, 0) is 37.5 Å². The molecule has 0 amide bonds. The van der Waals surface area contributed by atoms with Gasteiger partial charge in [-0.3, -0.25) is 9.59 Å². The monoisotopic (exact) mass is 466 g/mol. The largest absolute Gasteiger partial charge is 0.465 e. The molecule has 3 saturated heterocycles. The summed E-state index contributed by atoms with van der Waals surface area (Å²) in [5.41, 5.74) is -1.20. The summed E-state index contributed by atoms with van der Waals surface area (Å²) >= 11 is 0. The van der Waals surface area contributed by atoms with Crippen LogP contribution in [0.3, 0.4) is 0 Å².